The van der Waals surface area contributed by atoms with Crippen LogP contribution in [0.25, 0.3) is 0 Å². The highest BCUT2D eigenvalue weighted by molar-refractivity contribution is 7.96. The van der Waals surface area contributed by atoms with E-state index < -0.39 is 0 Å². The second-order valence-corrected chi connectivity index (χ2v) is 2.07. The second-order valence-electron chi connectivity index (χ2n) is 1.58. The first-order chi connectivity index (χ1) is 3.13. The van der Waals surface area contributed by atoms with Gasteiger partial charge in [-0.15, -0.1) is 12.6 Å². The quantitative estimate of drug-likeness (QED) is 0.509. The average Bonchev–Trinajstić information content (AvgIpc) is 1.27. The molecule has 0 heterocycles. The number of hydrogen-bond donors (Lipinski definition) is 2. The van der Waals surface area contributed by atoms with Crippen LogP contribution in [0.2, 0.25) is 0 Å². The van der Waals surface area contributed by atoms with Crippen molar-refractivity contribution < 1.29 is 4.79 Å². The van der Waals surface area contributed by atoms with Gasteiger partial charge in [-0.1, -0.05) is 0 Å². The maximum Gasteiger partial charge on any atom is 0.187 e. The van der Waals surface area contributed by atoms with Crippen molar-refractivity contribution in [1.29, 1.82) is 0 Å². The Kier molecular flexibility index (Phi) is 3.04. The predicted octanol–water partition coefficient (Wildman–Crippen LogP) is 0.180. The molecule has 0 aromatic carbocycles. The number of hydrogen-bond acceptors (Lipinski definition) is 2. The highest BCUT2D eigenvalue weighted by atomic mass is 32.1. The molecular weight excluding hydrogens is 110 g/mol. The molecule has 1 atom stereocenters. The van der Waals surface area contributed by atoms with Gasteiger partial charge in [0.2, 0.25) is 0 Å². The van der Waals surface area contributed by atoms with E-state index in [9.17, 15) is 4.79 Å². The summed E-state index contributed by atoms with van der Waals surface area (Å²) in [5.41, 5.74) is 5.22. The minimum atomic E-state index is -0.144. The first kappa shape index (κ1) is 6.98. The Labute approximate surface area is 48.5 Å². The normalized spacial score (nSPS) is 13.6. The fourth-order valence-corrected chi connectivity index (χ4v) is 0.563. The average molecular weight is 119 g/mol. The van der Waals surface area contributed by atoms with Crippen molar-refractivity contribution in [2.45, 2.75) is 19.4 Å². The summed E-state index contributed by atoms with van der Waals surface area (Å²) in [4.78, 5) is 10.0. The molecule has 0 bridgehead atoms. The van der Waals surface area contributed by atoms with Crippen LogP contribution < -0.4 is 5.73 Å². The summed E-state index contributed by atoms with van der Waals surface area (Å²) in [5, 5.41) is -0.144. The van der Waals surface area contributed by atoms with E-state index >= 15 is 0 Å². The summed E-state index contributed by atoms with van der Waals surface area (Å²) in [5.74, 6) is 0. The van der Waals surface area contributed by atoms with Gasteiger partial charge in [-0.2, -0.15) is 0 Å². The lowest BCUT2D eigenvalue weighted by Crippen LogP contribution is -2.16. The molecule has 0 radical (unpaired) electrons. The lowest BCUT2D eigenvalue weighted by atomic mass is 10.3. The summed E-state index contributed by atoms with van der Waals surface area (Å²) >= 11 is 3.52. The Morgan fingerprint density at radius 3 is 2.43 bits per heavy atom. The Bertz CT molecular complexity index is 72.1. The van der Waals surface area contributed by atoms with Gasteiger partial charge < -0.3 is 5.73 Å². The van der Waals surface area contributed by atoms with Gasteiger partial charge in [-0.05, 0) is 6.92 Å². The van der Waals surface area contributed by atoms with Crippen LogP contribution in [-0.4, -0.2) is 11.2 Å². The molecule has 0 rings (SSSR count). The number of nitrogens with two attached hydrogens (primary N) is 1. The van der Waals surface area contributed by atoms with Gasteiger partial charge in [0.1, 0.15) is 0 Å². The van der Waals surface area contributed by atoms with E-state index in [0.29, 0.717) is 6.42 Å². The van der Waals surface area contributed by atoms with Gasteiger partial charge in [0.25, 0.3) is 0 Å². The lowest BCUT2D eigenvalue weighted by Gasteiger charge is -1.95. The van der Waals surface area contributed by atoms with E-state index in [-0.39, 0.29) is 11.2 Å². The molecule has 0 aliphatic carbocycles. The van der Waals surface area contributed by atoms with E-state index in [1.165, 1.54) is 0 Å². The van der Waals surface area contributed by atoms with Crippen LogP contribution in [0.4, 0.5) is 0 Å². The summed E-state index contributed by atoms with van der Waals surface area (Å²) in [6.45, 7) is 1.77. The number of rotatable bonds is 2. The zero-order valence-corrected chi connectivity index (χ0v) is 5.11. The zero-order valence-electron chi connectivity index (χ0n) is 4.22. The number of thiol groups is 1. The lowest BCUT2D eigenvalue weighted by molar-refractivity contribution is -0.111. The molecule has 7 heavy (non-hydrogen) atoms. The van der Waals surface area contributed by atoms with Crippen molar-refractivity contribution in [2.24, 2.45) is 5.73 Å². The van der Waals surface area contributed by atoms with Crippen LogP contribution in [0.1, 0.15) is 13.3 Å². The molecule has 0 aromatic rings. The molecule has 2 N–H and O–H groups in total. The van der Waals surface area contributed by atoms with E-state index in [1.54, 1.807) is 6.92 Å². The van der Waals surface area contributed by atoms with Crippen LogP contribution in [0.15, 0.2) is 0 Å². The van der Waals surface area contributed by atoms with Gasteiger partial charge in [0, 0.05) is 12.5 Å². The summed E-state index contributed by atoms with van der Waals surface area (Å²) < 4.78 is 0. The molecule has 0 fully saturated rings. The molecule has 0 saturated heterocycles. The second kappa shape index (κ2) is 3.04. The molecule has 0 aromatic heterocycles. The maximum atomic E-state index is 10.0. The Hall–Kier alpha value is -0.0200. The molecule has 0 aliphatic heterocycles. The molecule has 0 saturated carbocycles. The molecule has 42 valence electrons. The van der Waals surface area contributed by atoms with E-state index in [0.717, 1.165) is 0 Å². The molecule has 0 aliphatic rings. The summed E-state index contributed by atoms with van der Waals surface area (Å²) in [6.07, 6.45) is 0.364. The largest absolute Gasteiger partial charge is 0.328 e. The fourth-order valence-electron chi connectivity index (χ4n) is 0.275. The minimum absolute atomic E-state index is 0.0509. The minimum Gasteiger partial charge on any atom is -0.328 e. The maximum absolute atomic E-state index is 10.0. The Balaban J connectivity index is 3.13. The monoisotopic (exact) mass is 119 g/mol. The summed E-state index contributed by atoms with van der Waals surface area (Å²) in [7, 11) is 0. The fraction of sp³-hybridized carbons (Fsp3) is 0.750. The van der Waals surface area contributed by atoms with Gasteiger partial charge in [-0.25, -0.2) is 0 Å². The van der Waals surface area contributed by atoms with Gasteiger partial charge in [-0.3, -0.25) is 4.79 Å². The molecule has 0 amide bonds. The SMILES string of the molecule is CC(N)CC(=O)S. The van der Waals surface area contributed by atoms with Crippen molar-refractivity contribution in [2.75, 3.05) is 0 Å². The third kappa shape index (κ3) is 5.98. The van der Waals surface area contributed by atoms with Gasteiger partial charge >= 0.3 is 0 Å². The Morgan fingerprint density at radius 1 is 2.00 bits per heavy atom. The van der Waals surface area contributed by atoms with Crippen LogP contribution >= 0.6 is 12.6 Å². The van der Waals surface area contributed by atoms with E-state index in [2.05, 4.69) is 12.6 Å². The van der Waals surface area contributed by atoms with Crippen molar-refractivity contribution in [3.05, 3.63) is 0 Å². The van der Waals surface area contributed by atoms with Crippen molar-refractivity contribution >= 4 is 17.7 Å². The van der Waals surface area contributed by atoms with Crippen LogP contribution in [-0.2, 0) is 4.79 Å². The first-order valence-electron chi connectivity index (χ1n) is 2.10. The van der Waals surface area contributed by atoms with E-state index in [4.69, 9.17) is 5.73 Å². The smallest absolute Gasteiger partial charge is 0.187 e. The number of carbonyl (C=O) groups is 1. The van der Waals surface area contributed by atoms with Crippen LogP contribution in [0.3, 0.4) is 0 Å². The predicted molar refractivity (Wildman–Crippen MR) is 32.3 cm³/mol. The molecular formula is C4H9NOS. The zero-order chi connectivity index (χ0) is 5.86. The van der Waals surface area contributed by atoms with Crippen molar-refractivity contribution in [3.8, 4) is 0 Å². The Morgan fingerprint density at radius 2 is 2.43 bits per heavy atom. The topological polar surface area (TPSA) is 43.1 Å². The third-order valence-electron chi connectivity index (χ3n) is 0.497. The number of carbonyl (C=O) groups excluding carboxylic acids is 1. The third-order valence-corrected chi connectivity index (χ3v) is 0.679. The highest BCUT2D eigenvalue weighted by Crippen LogP contribution is 1.89. The molecule has 0 spiro atoms. The standard InChI is InChI=1S/C4H9NOS/c1-3(5)2-4(6)7/h3H,2,5H2,1H3,(H,6,7). The van der Waals surface area contributed by atoms with Crippen molar-refractivity contribution in [3.63, 3.8) is 0 Å². The van der Waals surface area contributed by atoms with Gasteiger partial charge in [0.15, 0.2) is 5.12 Å². The van der Waals surface area contributed by atoms with E-state index in [1.807, 2.05) is 0 Å². The van der Waals surface area contributed by atoms with Crippen LogP contribution in [0, 0.1) is 0 Å². The van der Waals surface area contributed by atoms with Crippen molar-refractivity contribution in [1.82, 2.24) is 0 Å². The van der Waals surface area contributed by atoms with Crippen LogP contribution in [0.5, 0.6) is 0 Å². The molecule has 2 nitrogen and oxygen atoms in total. The molecule has 1 unspecified atom stereocenters. The molecule has 3 heteroatoms. The summed E-state index contributed by atoms with van der Waals surface area (Å²) in [6, 6.07) is -0.0509. The van der Waals surface area contributed by atoms with Gasteiger partial charge in [0.05, 0.1) is 0 Å². The first-order valence-corrected chi connectivity index (χ1v) is 2.55. The highest BCUT2D eigenvalue weighted by Gasteiger charge is 1.96.